The van der Waals surface area contributed by atoms with E-state index in [9.17, 15) is 14.4 Å². The molecule has 1 aromatic rings. The van der Waals surface area contributed by atoms with E-state index in [4.69, 9.17) is 4.74 Å². The highest BCUT2D eigenvalue weighted by Gasteiger charge is 2.27. The summed E-state index contributed by atoms with van der Waals surface area (Å²) < 4.78 is 5.26. The quantitative estimate of drug-likeness (QED) is 0.622. The number of nitrogens with one attached hydrogen (secondary N) is 2. The van der Waals surface area contributed by atoms with E-state index in [2.05, 4.69) is 10.9 Å². The van der Waals surface area contributed by atoms with Crippen molar-refractivity contribution in [3.8, 4) is 0 Å². The van der Waals surface area contributed by atoms with Gasteiger partial charge in [-0.3, -0.25) is 20.4 Å². The first kappa shape index (κ1) is 15.8. The van der Waals surface area contributed by atoms with Crippen molar-refractivity contribution in [3.05, 3.63) is 35.9 Å². The first-order valence-corrected chi connectivity index (χ1v) is 7.15. The van der Waals surface area contributed by atoms with Crippen LogP contribution in [0.2, 0.25) is 0 Å². The van der Waals surface area contributed by atoms with Crippen molar-refractivity contribution < 1.29 is 19.1 Å². The van der Waals surface area contributed by atoms with Crippen molar-refractivity contribution in [1.29, 1.82) is 0 Å². The molecule has 22 heavy (non-hydrogen) atoms. The monoisotopic (exact) mass is 305 g/mol. The predicted molar refractivity (Wildman–Crippen MR) is 78.3 cm³/mol. The molecular formula is C15H19N3O4. The van der Waals surface area contributed by atoms with E-state index in [1.165, 1.54) is 0 Å². The van der Waals surface area contributed by atoms with Crippen LogP contribution in [-0.4, -0.2) is 36.4 Å². The Morgan fingerprint density at radius 2 is 1.91 bits per heavy atom. The van der Waals surface area contributed by atoms with Crippen LogP contribution in [0.25, 0.3) is 0 Å². The third kappa shape index (κ3) is 4.47. The van der Waals surface area contributed by atoms with Crippen molar-refractivity contribution in [1.82, 2.24) is 15.8 Å². The van der Waals surface area contributed by atoms with Gasteiger partial charge in [-0.05, 0) is 18.4 Å². The molecule has 2 rings (SSSR count). The van der Waals surface area contributed by atoms with Crippen LogP contribution < -0.4 is 10.9 Å². The Balaban J connectivity index is 1.73. The van der Waals surface area contributed by atoms with Gasteiger partial charge in [0, 0.05) is 19.0 Å². The molecule has 0 atom stereocenters. The van der Waals surface area contributed by atoms with Gasteiger partial charge in [0.25, 0.3) is 0 Å². The fourth-order valence-corrected chi connectivity index (χ4v) is 2.34. The molecule has 0 spiro atoms. The molecule has 0 aromatic heterocycles. The zero-order valence-electron chi connectivity index (χ0n) is 12.2. The molecule has 0 aliphatic carbocycles. The lowest BCUT2D eigenvalue weighted by atomic mass is 9.96. The normalized spacial score (nSPS) is 15.0. The molecule has 1 aliphatic rings. The topological polar surface area (TPSA) is 87.7 Å². The molecule has 118 valence electrons. The SMILES string of the molecule is O=CNNC(=O)C1CCN(C(=O)OCc2ccccc2)CC1. The summed E-state index contributed by atoms with van der Waals surface area (Å²) in [6, 6.07) is 9.47. The zero-order chi connectivity index (χ0) is 15.8. The van der Waals surface area contributed by atoms with E-state index >= 15 is 0 Å². The van der Waals surface area contributed by atoms with Gasteiger partial charge in [-0.1, -0.05) is 30.3 Å². The lowest BCUT2D eigenvalue weighted by Crippen LogP contribution is -2.46. The van der Waals surface area contributed by atoms with Crippen LogP contribution in [0.1, 0.15) is 18.4 Å². The van der Waals surface area contributed by atoms with Crippen LogP contribution in [0.5, 0.6) is 0 Å². The summed E-state index contributed by atoms with van der Waals surface area (Å²) in [5.41, 5.74) is 5.37. The smallest absolute Gasteiger partial charge is 0.410 e. The molecule has 1 saturated heterocycles. The number of nitrogens with zero attached hydrogens (tertiary/aromatic N) is 1. The van der Waals surface area contributed by atoms with E-state index in [1.54, 1.807) is 4.90 Å². The average molecular weight is 305 g/mol. The number of hydrazine groups is 1. The largest absolute Gasteiger partial charge is 0.445 e. The molecule has 0 unspecified atom stereocenters. The standard InChI is InChI=1S/C15H19N3O4/c19-11-16-17-14(20)13-6-8-18(9-7-13)15(21)22-10-12-4-2-1-3-5-12/h1-5,11,13H,6-10H2,(H,16,19)(H,17,20). The predicted octanol–water partition coefficient (Wildman–Crippen LogP) is 0.812. The zero-order valence-corrected chi connectivity index (χ0v) is 12.2. The fourth-order valence-electron chi connectivity index (χ4n) is 2.34. The first-order valence-electron chi connectivity index (χ1n) is 7.15. The van der Waals surface area contributed by atoms with E-state index in [0.717, 1.165) is 5.56 Å². The molecule has 0 radical (unpaired) electrons. The summed E-state index contributed by atoms with van der Waals surface area (Å²) in [5, 5.41) is 0. The number of amides is 3. The number of hydrogen-bond donors (Lipinski definition) is 2. The molecule has 1 aromatic carbocycles. The molecule has 0 saturated carbocycles. The maximum atomic E-state index is 12.0. The minimum Gasteiger partial charge on any atom is -0.445 e. The lowest BCUT2D eigenvalue weighted by molar-refractivity contribution is -0.129. The Bertz CT molecular complexity index is 513. The number of benzene rings is 1. The molecule has 7 heteroatoms. The van der Waals surface area contributed by atoms with Crippen LogP contribution in [0.4, 0.5) is 4.79 Å². The Kier molecular flexibility index (Phi) is 5.76. The second-order valence-corrected chi connectivity index (χ2v) is 5.05. The summed E-state index contributed by atoms with van der Waals surface area (Å²) in [5.74, 6) is -0.435. The van der Waals surface area contributed by atoms with Gasteiger partial charge in [-0.2, -0.15) is 0 Å². The van der Waals surface area contributed by atoms with Crippen molar-refractivity contribution in [2.45, 2.75) is 19.4 Å². The molecular weight excluding hydrogens is 286 g/mol. The summed E-state index contributed by atoms with van der Waals surface area (Å²) in [6.07, 6.45) is 1.14. The number of rotatable bonds is 5. The van der Waals surface area contributed by atoms with Gasteiger partial charge < -0.3 is 9.64 Å². The fraction of sp³-hybridized carbons (Fsp3) is 0.400. The molecule has 1 heterocycles. The van der Waals surface area contributed by atoms with E-state index in [1.807, 2.05) is 30.3 Å². The van der Waals surface area contributed by atoms with Gasteiger partial charge >= 0.3 is 6.09 Å². The summed E-state index contributed by atoms with van der Waals surface area (Å²) in [4.78, 5) is 35.4. The second-order valence-electron chi connectivity index (χ2n) is 5.05. The van der Waals surface area contributed by atoms with E-state index in [-0.39, 0.29) is 24.5 Å². The van der Waals surface area contributed by atoms with E-state index < -0.39 is 0 Å². The molecule has 3 amide bonds. The number of carbonyl (C=O) groups is 3. The molecule has 0 bridgehead atoms. The van der Waals surface area contributed by atoms with Gasteiger partial charge in [0.2, 0.25) is 12.3 Å². The number of carbonyl (C=O) groups excluding carboxylic acids is 3. The maximum Gasteiger partial charge on any atom is 0.410 e. The summed E-state index contributed by atoms with van der Waals surface area (Å²) >= 11 is 0. The van der Waals surface area contributed by atoms with Gasteiger partial charge in [0.1, 0.15) is 6.61 Å². The van der Waals surface area contributed by atoms with Crippen LogP contribution in [0.3, 0.4) is 0 Å². The second kappa shape index (κ2) is 8.02. The number of hydrogen-bond acceptors (Lipinski definition) is 4. The van der Waals surface area contributed by atoms with Gasteiger partial charge in [0.05, 0.1) is 0 Å². The van der Waals surface area contributed by atoms with Crippen molar-refractivity contribution in [2.24, 2.45) is 5.92 Å². The minimum absolute atomic E-state index is 0.203. The molecule has 1 aliphatic heterocycles. The van der Waals surface area contributed by atoms with Crippen molar-refractivity contribution >= 4 is 18.4 Å². The maximum absolute atomic E-state index is 12.0. The number of likely N-dealkylation sites (tertiary alicyclic amines) is 1. The Labute approximate surface area is 128 Å². The van der Waals surface area contributed by atoms with Crippen molar-refractivity contribution in [2.75, 3.05) is 13.1 Å². The summed E-state index contributed by atoms with van der Waals surface area (Å²) in [7, 11) is 0. The molecule has 1 fully saturated rings. The first-order chi connectivity index (χ1) is 10.7. The van der Waals surface area contributed by atoms with Crippen molar-refractivity contribution in [3.63, 3.8) is 0 Å². The Morgan fingerprint density at radius 1 is 1.23 bits per heavy atom. The average Bonchev–Trinajstić information content (AvgIpc) is 2.58. The highest BCUT2D eigenvalue weighted by atomic mass is 16.6. The van der Waals surface area contributed by atoms with Gasteiger partial charge in [0.15, 0.2) is 0 Å². The number of ether oxygens (including phenoxy) is 1. The van der Waals surface area contributed by atoms with Gasteiger partial charge in [-0.25, -0.2) is 4.79 Å². The lowest BCUT2D eigenvalue weighted by Gasteiger charge is -2.30. The highest BCUT2D eigenvalue weighted by molar-refractivity contribution is 5.79. The number of piperidine rings is 1. The van der Waals surface area contributed by atoms with Crippen LogP contribution >= 0.6 is 0 Å². The molecule has 7 nitrogen and oxygen atoms in total. The third-order valence-corrected chi connectivity index (χ3v) is 3.58. The Hall–Kier alpha value is -2.57. The summed E-state index contributed by atoms with van der Waals surface area (Å²) in [6.45, 7) is 1.17. The van der Waals surface area contributed by atoms with Crippen LogP contribution in [0, 0.1) is 5.92 Å². The van der Waals surface area contributed by atoms with E-state index in [0.29, 0.717) is 32.3 Å². The van der Waals surface area contributed by atoms with Crippen LogP contribution in [0.15, 0.2) is 30.3 Å². The Morgan fingerprint density at radius 3 is 2.55 bits per heavy atom. The van der Waals surface area contributed by atoms with Crippen LogP contribution in [-0.2, 0) is 20.9 Å². The van der Waals surface area contributed by atoms with Gasteiger partial charge in [-0.15, -0.1) is 0 Å². The third-order valence-electron chi connectivity index (χ3n) is 3.58. The minimum atomic E-state index is -0.367. The highest BCUT2D eigenvalue weighted by Crippen LogP contribution is 2.18. The molecule has 2 N–H and O–H groups in total.